The second-order valence-corrected chi connectivity index (χ2v) is 13.8. The number of carboxylic acid groups (broad SMARTS) is 1. The Morgan fingerprint density at radius 3 is 1.92 bits per heavy atom. The number of esters is 2. The summed E-state index contributed by atoms with van der Waals surface area (Å²) in [7, 11) is 0. The topological polar surface area (TPSA) is 151 Å². The van der Waals surface area contributed by atoms with Crippen LogP contribution in [-0.4, -0.2) is 57.4 Å². The highest BCUT2D eigenvalue weighted by Gasteiger charge is 2.28. The Labute approximate surface area is 286 Å². The van der Waals surface area contributed by atoms with Crippen LogP contribution < -0.4 is 5.32 Å². The van der Waals surface area contributed by atoms with Crippen LogP contribution in [0.2, 0.25) is 0 Å². The first-order chi connectivity index (χ1) is 22.3. The second-order valence-electron chi connectivity index (χ2n) is 13.8. The summed E-state index contributed by atoms with van der Waals surface area (Å²) in [5.74, 6) is -0.858. The maximum atomic E-state index is 11.6. The van der Waals surface area contributed by atoms with Crippen LogP contribution in [0, 0.1) is 10.8 Å². The highest BCUT2D eigenvalue weighted by Crippen LogP contribution is 2.27. The third-order valence-corrected chi connectivity index (χ3v) is 8.53. The molecule has 0 aliphatic heterocycles. The minimum Gasteiger partial charge on any atom is -0.481 e. The van der Waals surface area contributed by atoms with Crippen molar-refractivity contribution < 1.29 is 34.1 Å². The molecule has 10 heteroatoms. The van der Waals surface area contributed by atoms with E-state index in [4.69, 9.17) is 14.6 Å². The number of ether oxygens (including phenoxy) is 2. The zero-order chi connectivity index (χ0) is 36.7. The molecule has 3 rings (SSSR count). The van der Waals surface area contributed by atoms with Crippen molar-refractivity contribution in [2.75, 3.05) is 18.5 Å². The number of fused-ring (bicyclic) bond motifs is 1. The first-order valence-corrected chi connectivity index (χ1v) is 16.5. The minimum atomic E-state index is -1.02. The summed E-state index contributed by atoms with van der Waals surface area (Å²) in [6.07, 6.45) is 1.45. The molecule has 1 heterocycles. The Kier molecular flexibility index (Phi) is 16.5. The van der Waals surface area contributed by atoms with Gasteiger partial charge in [-0.15, -0.1) is 0 Å². The molecule has 10 nitrogen and oxygen atoms in total. The number of aliphatic carboxylic acids is 1. The highest BCUT2D eigenvalue weighted by molar-refractivity contribution is 5.86. The van der Waals surface area contributed by atoms with Gasteiger partial charge in [-0.25, -0.2) is 9.78 Å². The molecule has 0 saturated heterocycles. The summed E-state index contributed by atoms with van der Waals surface area (Å²) in [6, 6.07) is 16.9. The maximum Gasteiger partial charge on any atom is 0.333 e. The number of nitrogens with one attached hydrogen (secondary N) is 2. The Bertz CT molecular complexity index is 1440. The minimum absolute atomic E-state index is 0.189. The number of rotatable bonds is 14. The molecule has 0 amide bonds. The van der Waals surface area contributed by atoms with Crippen LogP contribution in [0.3, 0.4) is 0 Å². The molecule has 2 aromatic carbocycles. The van der Waals surface area contributed by atoms with Crippen LogP contribution in [0.25, 0.3) is 11.0 Å². The quantitative estimate of drug-likeness (QED) is 0.0996. The first-order valence-electron chi connectivity index (χ1n) is 16.5. The van der Waals surface area contributed by atoms with Gasteiger partial charge in [0.25, 0.3) is 0 Å². The molecular weight excluding hydrogens is 610 g/mol. The molecule has 1 aromatic heterocycles. The van der Waals surface area contributed by atoms with Gasteiger partial charge in [-0.3, -0.25) is 9.59 Å². The summed E-state index contributed by atoms with van der Waals surface area (Å²) >= 11 is 0. The van der Waals surface area contributed by atoms with Crippen molar-refractivity contribution in [2.45, 2.75) is 107 Å². The summed E-state index contributed by atoms with van der Waals surface area (Å²) in [5.41, 5.74) is 4.08. The van der Waals surface area contributed by atoms with E-state index >= 15 is 0 Å². The Morgan fingerprint density at radius 2 is 1.44 bits per heavy atom. The lowest BCUT2D eigenvalue weighted by Crippen LogP contribution is -2.31. The van der Waals surface area contributed by atoms with Gasteiger partial charge in [0.05, 0.1) is 21.9 Å². The number of aromatic nitrogens is 2. The third kappa shape index (κ3) is 13.9. The molecule has 1 unspecified atom stereocenters. The SMILES string of the molecule is C=C(C)C(=O)OCC(O)COC(=O)C(C)(C)CC.CCC(C)(C)C(=O)O.CCC(C)(C)c1ccc(CNc2nc3ccccc3[nH]2)cc1. The number of aliphatic hydroxyl groups is 1. The van der Waals surface area contributed by atoms with E-state index in [2.05, 4.69) is 66.9 Å². The number of hydrogen-bond acceptors (Lipinski definition) is 8. The molecule has 0 aliphatic rings. The van der Waals surface area contributed by atoms with E-state index in [1.54, 1.807) is 27.7 Å². The predicted molar refractivity (Wildman–Crippen MR) is 192 cm³/mol. The molecule has 0 bridgehead atoms. The van der Waals surface area contributed by atoms with Crippen molar-refractivity contribution in [3.8, 4) is 0 Å². The Morgan fingerprint density at radius 1 is 0.875 bits per heavy atom. The van der Waals surface area contributed by atoms with E-state index in [0.29, 0.717) is 12.8 Å². The maximum absolute atomic E-state index is 11.6. The van der Waals surface area contributed by atoms with Gasteiger partial charge in [0.1, 0.15) is 19.3 Å². The Hall–Kier alpha value is -4.18. The fourth-order valence-corrected chi connectivity index (χ4v) is 3.51. The standard InChI is InChI=1S/C19H23N3.C13H22O5.C6H12O2/c1-4-19(2,3)15-11-9-14(10-12-15)13-20-18-21-16-7-5-6-8-17(16)22-18;1-6-13(4,5)12(16)18-8-10(14)7-17-11(15)9(2)3;1-4-6(2,3)5(7)8/h5-12H,4,13H2,1-3H3,(H2,20,21,22);10,14H,2,6-8H2,1,3-5H3;4H2,1-3H3,(H,7,8). The average Bonchev–Trinajstić information content (AvgIpc) is 3.48. The van der Waals surface area contributed by atoms with E-state index in [9.17, 15) is 19.5 Å². The molecule has 0 saturated carbocycles. The number of benzene rings is 2. The highest BCUT2D eigenvalue weighted by atomic mass is 16.6. The van der Waals surface area contributed by atoms with Gasteiger partial charge in [-0.2, -0.15) is 0 Å². The van der Waals surface area contributed by atoms with Crippen molar-refractivity contribution in [2.24, 2.45) is 10.8 Å². The lowest BCUT2D eigenvalue weighted by atomic mass is 9.82. The Balaban J connectivity index is 0.000000400. The molecule has 266 valence electrons. The second kappa shape index (κ2) is 19.0. The van der Waals surface area contributed by atoms with Gasteiger partial charge in [-0.05, 0) is 82.6 Å². The number of nitrogens with zero attached hydrogens (tertiary/aromatic N) is 1. The molecule has 1 atom stereocenters. The van der Waals surface area contributed by atoms with Crippen LogP contribution in [0.4, 0.5) is 5.95 Å². The normalized spacial score (nSPS) is 12.1. The van der Waals surface area contributed by atoms with E-state index < -0.39 is 28.9 Å². The van der Waals surface area contributed by atoms with Crippen LogP contribution >= 0.6 is 0 Å². The molecule has 4 N–H and O–H groups in total. The number of aromatic amines is 1. The first kappa shape index (κ1) is 41.8. The molecule has 0 aliphatic carbocycles. The number of aliphatic hydroxyl groups excluding tert-OH is 1. The lowest BCUT2D eigenvalue weighted by molar-refractivity contribution is -0.159. The van der Waals surface area contributed by atoms with Crippen molar-refractivity contribution >= 4 is 34.9 Å². The van der Waals surface area contributed by atoms with Crippen LogP contribution in [0.1, 0.15) is 99.6 Å². The van der Waals surface area contributed by atoms with Gasteiger partial charge >= 0.3 is 17.9 Å². The smallest absolute Gasteiger partial charge is 0.333 e. The van der Waals surface area contributed by atoms with Crippen molar-refractivity contribution in [1.29, 1.82) is 0 Å². The average molecular weight is 668 g/mol. The van der Waals surface area contributed by atoms with Gasteiger partial charge in [0.2, 0.25) is 5.95 Å². The zero-order valence-electron chi connectivity index (χ0n) is 30.5. The van der Waals surface area contributed by atoms with Crippen molar-refractivity contribution in [3.05, 3.63) is 71.8 Å². The molecule has 0 radical (unpaired) electrons. The summed E-state index contributed by atoms with van der Waals surface area (Å²) in [4.78, 5) is 40.7. The number of anilines is 1. The molecule has 0 spiro atoms. The van der Waals surface area contributed by atoms with E-state index in [0.717, 1.165) is 29.9 Å². The number of H-pyrrole nitrogens is 1. The number of carbonyl (C=O) groups is 3. The van der Waals surface area contributed by atoms with Crippen LogP contribution in [0.15, 0.2) is 60.7 Å². The molecule has 48 heavy (non-hydrogen) atoms. The van der Waals surface area contributed by atoms with Gasteiger partial charge in [0.15, 0.2) is 0 Å². The largest absolute Gasteiger partial charge is 0.481 e. The fourth-order valence-electron chi connectivity index (χ4n) is 3.51. The number of para-hydroxylation sites is 2. The van der Waals surface area contributed by atoms with E-state index in [1.807, 2.05) is 38.1 Å². The summed E-state index contributed by atoms with van der Waals surface area (Å²) in [6.45, 7) is 22.8. The van der Waals surface area contributed by atoms with Crippen LogP contribution in [0.5, 0.6) is 0 Å². The molecule has 3 aromatic rings. The number of carbonyl (C=O) groups excluding carboxylic acids is 2. The monoisotopic (exact) mass is 667 g/mol. The lowest BCUT2D eigenvalue weighted by Gasteiger charge is -2.23. The third-order valence-electron chi connectivity index (χ3n) is 8.53. The van der Waals surface area contributed by atoms with Crippen molar-refractivity contribution in [3.63, 3.8) is 0 Å². The fraction of sp³-hybridized carbons (Fsp3) is 0.526. The number of imidazole rings is 1. The summed E-state index contributed by atoms with van der Waals surface area (Å²) < 4.78 is 9.68. The predicted octanol–water partition coefficient (Wildman–Crippen LogP) is 7.82. The number of carboxylic acids is 1. The zero-order valence-corrected chi connectivity index (χ0v) is 30.5. The van der Waals surface area contributed by atoms with E-state index in [-0.39, 0.29) is 30.2 Å². The molecular formula is C38H57N3O7. The number of hydrogen-bond donors (Lipinski definition) is 4. The van der Waals surface area contributed by atoms with Crippen LogP contribution in [-0.2, 0) is 35.8 Å². The van der Waals surface area contributed by atoms with Gasteiger partial charge in [-0.1, -0.05) is 77.6 Å². The summed E-state index contributed by atoms with van der Waals surface area (Å²) in [5, 5.41) is 21.3. The van der Waals surface area contributed by atoms with E-state index in [1.165, 1.54) is 18.1 Å². The van der Waals surface area contributed by atoms with Gasteiger partial charge in [0, 0.05) is 12.1 Å². The van der Waals surface area contributed by atoms with Crippen molar-refractivity contribution in [1.82, 2.24) is 9.97 Å². The van der Waals surface area contributed by atoms with Gasteiger partial charge < -0.3 is 30.0 Å². The molecule has 0 fully saturated rings.